The van der Waals surface area contributed by atoms with E-state index in [0.29, 0.717) is 38.3 Å². The number of amides is 1. The number of aromatic nitrogens is 1. The smallest absolute Gasteiger partial charge is 0.407 e. The first-order valence-electron chi connectivity index (χ1n) is 8.40. The van der Waals surface area contributed by atoms with Crippen LogP contribution in [0.1, 0.15) is 11.1 Å². The van der Waals surface area contributed by atoms with Gasteiger partial charge in [-0.3, -0.25) is 9.69 Å². The van der Waals surface area contributed by atoms with Gasteiger partial charge >= 0.3 is 6.09 Å². The number of nitrogens with zero attached hydrogens (tertiary/aromatic N) is 3. The summed E-state index contributed by atoms with van der Waals surface area (Å²) in [7, 11) is 0. The van der Waals surface area contributed by atoms with Gasteiger partial charge < -0.3 is 19.7 Å². The zero-order valence-electron chi connectivity index (χ0n) is 14.4. The largest absolute Gasteiger partial charge is 0.503 e. The van der Waals surface area contributed by atoms with Crippen molar-refractivity contribution in [3.8, 4) is 5.75 Å². The third-order valence-electron chi connectivity index (χ3n) is 4.62. The fourth-order valence-corrected chi connectivity index (χ4v) is 3.02. The Labute approximate surface area is 153 Å². The zero-order chi connectivity index (χ0) is 19.6. The Bertz CT molecular complexity index is 908. The number of rotatable bonds is 4. The van der Waals surface area contributed by atoms with Crippen molar-refractivity contribution in [3.63, 3.8) is 0 Å². The molecule has 0 unspecified atom stereocenters. The lowest BCUT2D eigenvalue weighted by Gasteiger charge is -2.33. The average molecular weight is 379 g/mol. The Kier molecular flexibility index (Phi) is 5.41. The molecule has 9 heteroatoms. The maximum atomic E-state index is 13.8. The number of halogens is 2. The predicted octanol–water partition coefficient (Wildman–Crippen LogP) is 1.68. The first kappa shape index (κ1) is 18.8. The van der Waals surface area contributed by atoms with Gasteiger partial charge in [-0.05, 0) is 12.1 Å². The SMILES string of the molecule is O=C(O)N1CCN(Cc2ccn(Cc3ccc(F)cc3F)c(=O)c2O)CC1. The van der Waals surface area contributed by atoms with Crippen LogP contribution in [-0.4, -0.2) is 56.9 Å². The van der Waals surface area contributed by atoms with Crippen LogP contribution in [0.25, 0.3) is 0 Å². The van der Waals surface area contributed by atoms with Gasteiger partial charge in [0.25, 0.3) is 5.56 Å². The van der Waals surface area contributed by atoms with E-state index in [1.807, 2.05) is 4.90 Å². The Hall–Kier alpha value is -2.94. The van der Waals surface area contributed by atoms with Gasteiger partial charge in [-0.15, -0.1) is 0 Å². The van der Waals surface area contributed by atoms with Crippen LogP contribution in [0.2, 0.25) is 0 Å². The first-order valence-corrected chi connectivity index (χ1v) is 8.40. The van der Waals surface area contributed by atoms with E-state index in [1.54, 1.807) is 6.07 Å². The molecule has 1 aliphatic rings. The highest BCUT2D eigenvalue weighted by Crippen LogP contribution is 2.17. The topological polar surface area (TPSA) is 86.0 Å². The van der Waals surface area contributed by atoms with Crippen molar-refractivity contribution in [1.29, 1.82) is 0 Å². The van der Waals surface area contributed by atoms with Crippen LogP contribution in [0.5, 0.6) is 5.75 Å². The molecule has 1 fully saturated rings. The standard InChI is InChI=1S/C18H19F2N3O4/c19-14-2-1-12(15(20)9-14)11-23-4-3-13(16(24)17(23)25)10-21-5-7-22(8-6-21)18(26)27/h1-4,9,24H,5-8,10-11H2,(H,26,27). The normalized spacial score (nSPS) is 15.1. The van der Waals surface area contributed by atoms with E-state index in [0.717, 1.165) is 16.7 Å². The van der Waals surface area contributed by atoms with Crippen molar-refractivity contribution in [2.45, 2.75) is 13.1 Å². The van der Waals surface area contributed by atoms with Gasteiger partial charge in [0.15, 0.2) is 5.75 Å². The van der Waals surface area contributed by atoms with Gasteiger partial charge in [0.2, 0.25) is 0 Å². The molecule has 1 aliphatic heterocycles. The lowest BCUT2D eigenvalue weighted by atomic mass is 10.1. The Balaban J connectivity index is 1.72. The number of hydrogen-bond acceptors (Lipinski definition) is 4. The van der Waals surface area contributed by atoms with Crippen molar-refractivity contribution >= 4 is 6.09 Å². The molecule has 0 spiro atoms. The van der Waals surface area contributed by atoms with Gasteiger partial charge in [-0.2, -0.15) is 0 Å². The van der Waals surface area contributed by atoms with Crippen LogP contribution >= 0.6 is 0 Å². The number of aromatic hydroxyl groups is 1. The summed E-state index contributed by atoms with van der Waals surface area (Å²) in [4.78, 5) is 26.5. The maximum absolute atomic E-state index is 13.8. The molecule has 0 bridgehead atoms. The van der Waals surface area contributed by atoms with E-state index in [4.69, 9.17) is 5.11 Å². The molecule has 7 nitrogen and oxygen atoms in total. The van der Waals surface area contributed by atoms with E-state index in [-0.39, 0.29) is 12.1 Å². The second-order valence-corrected chi connectivity index (χ2v) is 6.40. The molecule has 3 rings (SSSR count). The summed E-state index contributed by atoms with van der Waals surface area (Å²) in [5.41, 5.74) is -0.115. The van der Waals surface area contributed by atoms with E-state index in [9.17, 15) is 23.5 Å². The van der Waals surface area contributed by atoms with Crippen LogP contribution in [0, 0.1) is 11.6 Å². The Morgan fingerprint density at radius 2 is 1.74 bits per heavy atom. The fraction of sp³-hybridized carbons (Fsp3) is 0.333. The molecular weight excluding hydrogens is 360 g/mol. The quantitative estimate of drug-likeness (QED) is 0.844. The summed E-state index contributed by atoms with van der Waals surface area (Å²) in [6.45, 7) is 1.88. The van der Waals surface area contributed by atoms with Gasteiger partial charge in [-0.25, -0.2) is 13.6 Å². The van der Waals surface area contributed by atoms with Gasteiger partial charge in [0.1, 0.15) is 11.6 Å². The molecule has 0 atom stereocenters. The molecule has 1 aromatic carbocycles. The van der Waals surface area contributed by atoms with E-state index >= 15 is 0 Å². The third-order valence-corrected chi connectivity index (χ3v) is 4.62. The van der Waals surface area contributed by atoms with Crippen molar-refractivity contribution in [3.05, 3.63) is 63.6 Å². The average Bonchev–Trinajstić information content (AvgIpc) is 2.63. The highest BCUT2D eigenvalue weighted by atomic mass is 19.1. The molecule has 1 saturated heterocycles. The van der Waals surface area contributed by atoms with Crippen LogP contribution in [0.15, 0.2) is 35.3 Å². The number of piperazine rings is 1. The summed E-state index contributed by atoms with van der Waals surface area (Å²) in [6.07, 6.45) is 0.487. The predicted molar refractivity (Wildman–Crippen MR) is 92.7 cm³/mol. The number of carbonyl (C=O) groups is 1. The van der Waals surface area contributed by atoms with E-state index < -0.39 is 29.0 Å². The molecule has 27 heavy (non-hydrogen) atoms. The highest BCUT2D eigenvalue weighted by molar-refractivity contribution is 5.65. The minimum atomic E-state index is -0.965. The molecule has 2 aromatic rings. The second-order valence-electron chi connectivity index (χ2n) is 6.40. The van der Waals surface area contributed by atoms with E-state index in [2.05, 4.69) is 0 Å². The number of carboxylic acid groups (broad SMARTS) is 1. The first-order chi connectivity index (χ1) is 12.8. The van der Waals surface area contributed by atoms with E-state index in [1.165, 1.54) is 17.2 Å². The molecule has 1 aromatic heterocycles. The van der Waals surface area contributed by atoms with Crippen LogP contribution in [-0.2, 0) is 13.1 Å². The molecule has 0 radical (unpaired) electrons. The Morgan fingerprint density at radius 3 is 2.37 bits per heavy atom. The number of benzene rings is 1. The van der Waals surface area contributed by atoms with Crippen LogP contribution in [0.4, 0.5) is 13.6 Å². The number of hydrogen-bond donors (Lipinski definition) is 2. The lowest BCUT2D eigenvalue weighted by Crippen LogP contribution is -2.47. The monoisotopic (exact) mass is 379 g/mol. The van der Waals surface area contributed by atoms with Crippen molar-refractivity contribution in [2.75, 3.05) is 26.2 Å². The molecule has 2 heterocycles. The minimum absolute atomic E-state index is 0.129. The second kappa shape index (κ2) is 7.75. The van der Waals surface area contributed by atoms with Gasteiger partial charge in [0, 0.05) is 56.1 Å². The molecule has 0 aliphatic carbocycles. The maximum Gasteiger partial charge on any atom is 0.407 e. The molecule has 2 N–H and O–H groups in total. The lowest BCUT2D eigenvalue weighted by molar-refractivity contribution is 0.102. The molecule has 0 saturated carbocycles. The fourth-order valence-electron chi connectivity index (χ4n) is 3.02. The minimum Gasteiger partial charge on any atom is -0.503 e. The van der Waals surface area contributed by atoms with Crippen LogP contribution in [0.3, 0.4) is 0 Å². The summed E-state index contributed by atoms with van der Waals surface area (Å²) in [5, 5.41) is 19.2. The summed E-state index contributed by atoms with van der Waals surface area (Å²) >= 11 is 0. The molecule has 144 valence electrons. The zero-order valence-corrected chi connectivity index (χ0v) is 14.4. The van der Waals surface area contributed by atoms with Crippen molar-refractivity contribution < 1.29 is 23.8 Å². The molecular formula is C18H19F2N3O4. The molecule has 1 amide bonds. The van der Waals surface area contributed by atoms with Crippen molar-refractivity contribution in [1.82, 2.24) is 14.4 Å². The third kappa shape index (κ3) is 4.25. The van der Waals surface area contributed by atoms with Gasteiger partial charge in [-0.1, -0.05) is 6.07 Å². The number of pyridine rings is 1. The summed E-state index contributed by atoms with van der Waals surface area (Å²) in [5.74, 6) is -1.90. The van der Waals surface area contributed by atoms with Gasteiger partial charge in [0.05, 0.1) is 6.54 Å². The highest BCUT2D eigenvalue weighted by Gasteiger charge is 2.21. The van der Waals surface area contributed by atoms with Crippen molar-refractivity contribution in [2.24, 2.45) is 0 Å². The Morgan fingerprint density at radius 1 is 1.04 bits per heavy atom. The summed E-state index contributed by atoms with van der Waals surface area (Å²) < 4.78 is 27.9. The van der Waals surface area contributed by atoms with Crippen LogP contribution < -0.4 is 5.56 Å². The summed E-state index contributed by atoms with van der Waals surface area (Å²) in [6, 6.07) is 4.67.